The van der Waals surface area contributed by atoms with Crippen LogP contribution >= 0.6 is 0 Å². The van der Waals surface area contributed by atoms with Gasteiger partial charge in [0.15, 0.2) is 0 Å². The summed E-state index contributed by atoms with van der Waals surface area (Å²) in [5.41, 5.74) is 5.97. The van der Waals surface area contributed by atoms with Crippen LogP contribution in [0.1, 0.15) is 13.8 Å². The number of nitrogens with two attached hydrogens (primary N) is 1. The molecule has 96 valence electrons. The van der Waals surface area contributed by atoms with Crippen LogP contribution in [-0.2, 0) is 10.8 Å². The maximum Gasteiger partial charge on any atom is 0.0545 e. The third-order valence-electron chi connectivity index (χ3n) is 3.18. The highest BCUT2D eigenvalue weighted by molar-refractivity contribution is 7.85. The maximum absolute atomic E-state index is 12.2. The zero-order valence-electron chi connectivity index (χ0n) is 10.8. The lowest BCUT2D eigenvalue weighted by Crippen LogP contribution is -2.32. The number of benzene rings is 2. The van der Waals surface area contributed by atoms with Gasteiger partial charge in [0.05, 0.1) is 10.8 Å². The Morgan fingerprint density at radius 2 is 1.78 bits per heavy atom. The molecule has 0 aliphatic carbocycles. The molecule has 3 heteroatoms. The third-order valence-corrected chi connectivity index (χ3v) is 4.65. The van der Waals surface area contributed by atoms with Gasteiger partial charge in [-0.25, -0.2) is 0 Å². The Balaban J connectivity index is 2.23. The molecule has 2 aromatic carbocycles. The zero-order valence-corrected chi connectivity index (χ0v) is 11.6. The van der Waals surface area contributed by atoms with Crippen molar-refractivity contribution in [2.75, 3.05) is 5.75 Å². The van der Waals surface area contributed by atoms with Gasteiger partial charge in [0.25, 0.3) is 0 Å². The molecule has 0 fully saturated rings. The predicted octanol–water partition coefficient (Wildman–Crippen LogP) is 2.93. The molecule has 2 nitrogen and oxygen atoms in total. The van der Waals surface area contributed by atoms with E-state index in [0.29, 0.717) is 11.7 Å². The van der Waals surface area contributed by atoms with Crippen LogP contribution in [0.4, 0.5) is 0 Å². The first-order valence-corrected chi connectivity index (χ1v) is 7.52. The zero-order chi connectivity index (χ0) is 13.1. The number of fused-ring (bicyclic) bond motifs is 1. The highest BCUT2D eigenvalue weighted by atomic mass is 32.2. The monoisotopic (exact) mass is 261 g/mol. The van der Waals surface area contributed by atoms with Gasteiger partial charge in [-0.3, -0.25) is 4.21 Å². The summed E-state index contributed by atoms with van der Waals surface area (Å²) in [6, 6.07) is 14.0. The Hall–Kier alpha value is -1.19. The fraction of sp³-hybridized carbons (Fsp3) is 0.333. The average molecular weight is 261 g/mol. The molecule has 0 bridgehead atoms. The highest BCUT2D eigenvalue weighted by Crippen LogP contribution is 2.18. The lowest BCUT2D eigenvalue weighted by molar-refractivity contribution is 0.530. The van der Waals surface area contributed by atoms with E-state index in [0.717, 1.165) is 10.3 Å². The van der Waals surface area contributed by atoms with Crippen molar-refractivity contribution in [3.05, 3.63) is 42.5 Å². The molecule has 0 aliphatic heterocycles. The van der Waals surface area contributed by atoms with Crippen molar-refractivity contribution in [1.82, 2.24) is 0 Å². The van der Waals surface area contributed by atoms with Crippen molar-refractivity contribution in [2.24, 2.45) is 11.7 Å². The molecule has 0 amide bonds. The molecular formula is C15H19NOS. The molecule has 0 aromatic heterocycles. The van der Waals surface area contributed by atoms with Crippen LogP contribution in [0.3, 0.4) is 0 Å². The molecule has 0 saturated carbocycles. The summed E-state index contributed by atoms with van der Waals surface area (Å²) in [7, 11) is -1.02. The minimum Gasteiger partial charge on any atom is -0.327 e. The van der Waals surface area contributed by atoms with Gasteiger partial charge in [-0.2, -0.15) is 0 Å². The second-order valence-electron chi connectivity index (χ2n) is 4.93. The van der Waals surface area contributed by atoms with Gasteiger partial charge in [0, 0.05) is 16.7 Å². The Morgan fingerprint density at radius 3 is 2.44 bits per heavy atom. The van der Waals surface area contributed by atoms with Gasteiger partial charge in [-0.1, -0.05) is 44.2 Å². The number of rotatable bonds is 4. The topological polar surface area (TPSA) is 43.1 Å². The SMILES string of the molecule is CC(C)C(N)CS(=O)c1ccc2ccccc2c1. The quantitative estimate of drug-likeness (QED) is 0.919. The maximum atomic E-state index is 12.2. The first-order valence-electron chi connectivity index (χ1n) is 6.20. The smallest absolute Gasteiger partial charge is 0.0545 e. The Morgan fingerprint density at radius 1 is 1.11 bits per heavy atom. The predicted molar refractivity (Wildman–Crippen MR) is 78.0 cm³/mol. The molecule has 18 heavy (non-hydrogen) atoms. The first-order chi connectivity index (χ1) is 8.58. The van der Waals surface area contributed by atoms with Gasteiger partial charge in [-0.15, -0.1) is 0 Å². The summed E-state index contributed by atoms with van der Waals surface area (Å²) in [5.74, 6) is 0.880. The Labute approximate surface area is 111 Å². The van der Waals surface area contributed by atoms with Crippen LogP contribution in [0.2, 0.25) is 0 Å². The van der Waals surface area contributed by atoms with Crippen molar-refractivity contribution in [2.45, 2.75) is 24.8 Å². The number of hydrogen-bond acceptors (Lipinski definition) is 2. The third kappa shape index (κ3) is 2.98. The summed E-state index contributed by atoms with van der Waals surface area (Å²) in [6.07, 6.45) is 0. The molecular weight excluding hydrogens is 242 g/mol. The van der Waals surface area contributed by atoms with Crippen LogP contribution in [-0.4, -0.2) is 16.0 Å². The van der Waals surface area contributed by atoms with E-state index in [1.165, 1.54) is 5.39 Å². The summed E-state index contributed by atoms with van der Waals surface area (Å²) in [4.78, 5) is 0.866. The van der Waals surface area contributed by atoms with E-state index in [1.807, 2.05) is 36.4 Å². The van der Waals surface area contributed by atoms with Crippen LogP contribution in [0.25, 0.3) is 10.8 Å². The molecule has 0 saturated heterocycles. The highest BCUT2D eigenvalue weighted by Gasteiger charge is 2.13. The standard InChI is InChI=1S/C15H19NOS/c1-11(2)15(16)10-18(17)14-8-7-12-5-3-4-6-13(12)9-14/h3-9,11,15H,10,16H2,1-2H3. The van der Waals surface area contributed by atoms with Crippen LogP contribution in [0.5, 0.6) is 0 Å². The van der Waals surface area contributed by atoms with Crippen LogP contribution in [0.15, 0.2) is 47.4 Å². The first kappa shape index (κ1) is 13.2. The minimum atomic E-state index is -1.02. The molecule has 0 heterocycles. The molecule has 2 aromatic rings. The lowest BCUT2D eigenvalue weighted by Gasteiger charge is -2.15. The van der Waals surface area contributed by atoms with Crippen molar-refractivity contribution < 1.29 is 4.21 Å². The van der Waals surface area contributed by atoms with Crippen molar-refractivity contribution in [1.29, 1.82) is 0 Å². The van der Waals surface area contributed by atoms with E-state index < -0.39 is 10.8 Å². The van der Waals surface area contributed by atoms with Gasteiger partial charge in [0.1, 0.15) is 0 Å². The fourth-order valence-electron chi connectivity index (χ4n) is 1.77. The normalized spacial score (nSPS) is 14.9. The van der Waals surface area contributed by atoms with Gasteiger partial charge < -0.3 is 5.73 Å². The fourth-order valence-corrected chi connectivity index (χ4v) is 3.18. The second-order valence-corrected chi connectivity index (χ2v) is 6.42. The van der Waals surface area contributed by atoms with E-state index in [4.69, 9.17) is 5.73 Å². The number of hydrogen-bond donors (Lipinski definition) is 1. The Bertz CT molecular complexity index is 565. The van der Waals surface area contributed by atoms with Crippen molar-refractivity contribution in [3.8, 4) is 0 Å². The Kier molecular flexibility index (Phi) is 4.15. The lowest BCUT2D eigenvalue weighted by atomic mass is 10.1. The van der Waals surface area contributed by atoms with Crippen LogP contribution < -0.4 is 5.73 Å². The summed E-state index contributed by atoms with van der Waals surface area (Å²) >= 11 is 0. The largest absolute Gasteiger partial charge is 0.327 e. The van der Waals surface area contributed by atoms with E-state index >= 15 is 0 Å². The van der Waals surface area contributed by atoms with Gasteiger partial charge >= 0.3 is 0 Å². The van der Waals surface area contributed by atoms with Crippen molar-refractivity contribution >= 4 is 21.6 Å². The second kappa shape index (κ2) is 5.63. The molecule has 2 atom stereocenters. The van der Waals surface area contributed by atoms with Crippen molar-refractivity contribution in [3.63, 3.8) is 0 Å². The molecule has 0 spiro atoms. The average Bonchev–Trinajstić information content (AvgIpc) is 2.37. The van der Waals surface area contributed by atoms with E-state index in [2.05, 4.69) is 19.9 Å². The summed E-state index contributed by atoms with van der Waals surface area (Å²) < 4.78 is 12.2. The molecule has 2 N–H and O–H groups in total. The van der Waals surface area contributed by atoms with E-state index in [1.54, 1.807) is 0 Å². The van der Waals surface area contributed by atoms with Gasteiger partial charge in [-0.05, 0) is 28.8 Å². The van der Waals surface area contributed by atoms with Crippen LogP contribution in [0, 0.1) is 5.92 Å². The molecule has 2 rings (SSSR count). The molecule has 2 unspecified atom stereocenters. The van der Waals surface area contributed by atoms with E-state index in [9.17, 15) is 4.21 Å². The summed E-state index contributed by atoms with van der Waals surface area (Å²) in [5, 5.41) is 2.30. The molecule has 0 radical (unpaired) electrons. The van der Waals surface area contributed by atoms with E-state index in [-0.39, 0.29) is 6.04 Å². The molecule has 0 aliphatic rings. The van der Waals surface area contributed by atoms with Gasteiger partial charge in [0.2, 0.25) is 0 Å². The minimum absolute atomic E-state index is 0.0164. The summed E-state index contributed by atoms with van der Waals surface area (Å²) in [6.45, 7) is 4.12.